The van der Waals surface area contributed by atoms with Crippen molar-refractivity contribution in [1.82, 2.24) is 0 Å². The highest BCUT2D eigenvalue weighted by atomic mass is 16.2. The summed E-state index contributed by atoms with van der Waals surface area (Å²) in [6, 6.07) is 17.6. The van der Waals surface area contributed by atoms with Gasteiger partial charge in [-0.05, 0) is 29.9 Å². The Kier molecular flexibility index (Phi) is 2.81. The summed E-state index contributed by atoms with van der Waals surface area (Å²) in [6.45, 7) is 0. The lowest BCUT2D eigenvalue weighted by Crippen LogP contribution is -2.33. The van der Waals surface area contributed by atoms with Crippen molar-refractivity contribution in [2.24, 2.45) is 23.7 Å². The summed E-state index contributed by atoms with van der Waals surface area (Å²) in [6.07, 6.45) is 5.22. The Labute approximate surface area is 140 Å². The molecule has 1 heterocycles. The number of anilines is 1. The van der Waals surface area contributed by atoms with Gasteiger partial charge in [-0.2, -0.15) is 0 Å². The van der Waals surface area contributed by atoms with Gasteiger partial charge >= 0.3 is 0 Å². The Morgan fingerprint density at radius 2 is 1.33 bits per heavy atom. The van der Waals surface area contributed by atoms with Crippen LogP contribution in [0.2, 0.25) is 0 Å². The van der Waals surface area contributed by atoms with Gasteiger partial charge in [-0.25, -0.2) is 4.90 Å². The van der Waals surface area contributed by atoms with Crippen LogP contribution >= 0.6 is 0 Å². The lowest BCUT2D eigenvalue weighted by molar-refractivity contribution is -0.123. The van der Waals surface area contributed by atoms with Gasteiger partial charge in [0, 0.05) is 5.56 Å². The average Bonchev–Trinajstić information content (AvgIpc) is 3.30. The van der Waals surface area contributed by atoms with Gasteiger partial charge in [-0.1, -0.05) is 60.7 Å². The molecule has 1 saturated heterocycles. The SMILES string of the molecule is O=C1[C@@H]2[C@H](C(=O)N1c1ccccc1-c1ccccc1)[C@@H]1C=C[C@@H]2C1. The van der Waals surface area contributed by atoms with Crippen LogP contribution in [0.25, 0.3) is 11.1 Å². The third kappa shape index (κ3) is 1.72. The summed E-state index contributed by atoms with van der Waals surface area (Å²) in [7, 11) is 0. The zero-order chi connectivity index (χ0) is 16.3. The molecule has 118 valence electrons. The molecule has 1 saturated carbocycles. The second kappa shape index (κ2) is 4.91. The highest BCUT2D eigenvalue weighted by molar-refractivity contribution is 6.24. The largest absolute Gasteiger partial charge is 0.274 e. The monoisotopic (exact) mass is 315 g/mol. The predicted octanol–water partition coefficient (Wildman–Crippen LogP) is 3.67. The van der Waals surface area contributed by atoms with Crippen molar-refractivity contribution < 1.29 is 9.59 Å². The van der Waals surface area contributed by atoms with Gasteiger partial charge in [0.25, 0.3) is 0 Å². The number of imide groups is 1. The van der Waals surface area contributed by atoms with Crippen LogP contribution in [0.3, 0.4) is 0 Å². The maximum absolute atomic E-state index is 13.0. The number of amides is 2. The molecule has 0 unspecified atom stereocenters. The molecular formula is C21H17NO2. The van der Waals surface area contributed by atoms with E-state index in [-0.39, 0.29) is 35.5 Å². The quantitative estimate of drug-likeness (QED) is 0.626. The van der Waals surface area contributed by atoms with Crippen LogP contribution in [0.4, 0.5) is 5.69 Å². The van der Waals surface area contributed by atoms with Crippen molar-refractivity contribution in [2.45, 2.75) is 6.42 Å². The standard InChI is InChI=1S/C21H17NO2/c23-20-18-14-10-11-15(12-14)19(18)21(24)22(20)17-9-5-4-8-16(17)13-6-2-1-3-7-13/h1-11,14-15,18-19H,12H2/t14-,15-,18-,19+/m1/s1. The molecule has 1 aliphatic heterocycles. The molecule has 2 aromatic carbocycles. The maximum atomic E-state index is 13.0. The normalized spacial score (nSPS) is 30.2. The summed E-state index contributed by atoms with van der Waals surface area (Å²) < 4.78 is 0. The van der Waals surface area contributed by atoms with Crippen molar-refractivity contribution in [3.8, 4) is 11.1 Å². The van der Waals surface area contributed by atoms with E-state index < -0.39 is 0 Å². The zero-order valence-corrected chi connectivity index (χ0v) is 13.1. The molecule has 0 aromatic heterocycles. The molecule has 3 aliphatic rings. The number of benzene rings is 2. The highest BCUT2D eigenvalue weighted by Gasteiger charge is 2.59. The average molecular weight is 315 g/mol. The predicted molar refractivity (Wildman–Crippen MR) is 92.1 cm³/mol. The Morgan fingerprint density at radius 3 is 2.00 bits per heavy atom. The van der Waals surface area contributed by atoms with Crippen LogP contribution in [-0.2, 0) is 9.59 Å². The van der Waals surface area contributed by atoms with Crippen LogP contribution in [0.15, 0.2) is 66.7 Å². The minimum Gasteiger partial charge on any atom is -0.274 e. The van der Waals surface area contributed by atoms with Gasteiger partial charge in [0.2, 0.25) is 11.8 Å². The van der Waals surface area contributed by atoms with E-state index in [0.717, 1.165) is 17.5 Å². The number of fused-ring (bicyclic) bond motifs is 5. The smallest absolute Gasteiger partial charge is 0.238 e. The first-order valence-electron chi connectivity index (χ1n) is 8.46. The molecule has 0 spiro atoms. The van der Waals surface area contributed by atoms with E-state index in [4.69, 9.17) is 0 Å². The molecule has 2 bridgehead atoms. The first-order valence-corrected chi connectivity index (χ1v) is 8.46. The Morgan fingerprint density at radius 1 is 0.750 bits per heavy atom. The number of hydrogen-bond donors (Lipinski definition) is 0. The van der Waals surface area contributed by atoms with Crippen LogP contribution in [-0.4, -0.2) is 11.8 Å². The molecule has 2 amide bonds. The summed E-state index contributed by atoms with van der Waals surface area (Å²) >= 11 is 0. The fourth-order valence-corrected chi connectivity index (χ4v) is 4.67. The van der Waals surface area contributed by atoms with E-state index in [0.29, 0.717) is 5.69 Å². The van der Waals surface area contributed by atoms with E-state index in [1.165, 1.54) is 4.90 Å². The fourth-order valence-electron chi connectivity index (χ4n) is 4.67. The summed E-state index contributed by atoms with van der Waals surface area (Å²) in [4.78, 5) is 27.5. The van der Waals surface area contributed by atoms with E-state index in [9.17, 15) is 9.59 Å². The van der Waals surface area contributed by atoms with Crippen molar-refractivity contribution in [3.63, 3.8) is 0 Å². The lowest BCUT2D eigenvalue weighted by Gasteiger charge is -2.20. The Bertz CT molecular complexity index is 840. The summed E-state index contributed by atoms with van der Waals surface area (Å²) in [5.74, 6) is 0.124. The topological polar surface area (TPSA) is 37.4 Å². The number of carbonyl (C=O) groups excluding carboxylic acids is 2. The first kappa shape index (κ1) is 13.7. The van der Waals surface area contributed by atoms with E-state index in [1.807, 2.05) is 54.6 Å². The van der Waals surface area contributed by atoms with Crippen LogP contribution in [0.5, 0.6) is 0 Å². The molecule has 3 nitrogen and oxygen atoms in total. The molecule has 2 fully saturated rings. The van der Waals surface area contributed by atoms with E-state index >= 15 is 0 Å². The van der Waals surface area contributed by atoms with Crippen molar-refractivity contribution in [2.75, 3.05) is 4.90 Å². The molecular weight excluding hydrogens is 298 g/mol. The molecule has 0 N–H and O–H groups in total. The molecule has 24 heavy (non-hydrogen) atoms. The molecule has 5 rings (SSSR count). The number of para-hydroxylation sites is 1. The molecule has 2 aliphatic carbocycles. The summed E-state index contributed by atoms with van der Waals surface area (Å²) in [5, 5.41) is 0. The Balaban J connectivity index is 1.61. The second-order valence-electron chi connectivity index (χ2n) is 6.89. The zero-order valence-electron chi connectivity index (χ0n) is 13.1. The van der Waals surface area contributed by atoms with E-state index in [2.05, 4.69) is 12.2 Å². The molecule has 0 radical (unpaired) electrons. The van der Waals surface area contributed by atoms with Crippen LogP contribution in [0, 0.1) is 23.7 Å². The minimum atomic E-state index is -0.156. The number of rotatable bonds is 2. The number of carbonyl (C=O) groups is 2. The molecule has 2 aromatic rings. The number of hydrogen-bond acceptors (Lipinski definition) is 2. The van der Waals surface area contributed by atoms with Crippen LogP contribution in [0.1, 0.15) is 6.42 Å². The van der Waals surface area contributed by atoms with Crippen molar-refractivity contribution in [1.29, 1.82) is 0 Å². The van der Waals surface area contributed by atoms with Crippen LogP contribution < -0.4 is 4.90 Å². The summed E-state index contributed by atoms with van der Waals surface area (Å²) in [5.41, 5.74) is 2.67. The van der Waals surface area contributed by atoms with Gasteiger partial charge in [-0.3, -0.25) is 9.59 Å². The number of allylic oxidation sites excluding steroid dienone is 2. The maximum Gasteiger partial charge on any atom is 0.238 e. The highest BCUT2D eigenvalue weighted by Crippen LogP contribution is 2.53. The van der Waals surface area contributed by atoms with Gasteiger partial charge in [0.15, 0.2) is 0 Å². The fraction of sp³-hybridized carbons (Fsp3) is 0.238. The van der Waals surface area contributed by atoms with Gasteiger partial charge in [0.05, 0.1) is 17.5 Å². The van der Waals surface area contributed by atoms with Crippen molar-refractivity contribution in [3.05, 3.63) is 66.7 Å². The molecule has 4 atom stereocenters. The van der Waals surface area contributed by atoms with Crippen molar-refractivity contribution >= 4 is 17.5 Å². The van der Waals surface area contributed by atoms with Gasteiger partial charge in [-0.15, -0.1) is 0 Å². The van der Waals surface area contributed by atoms with E-state index in [1.54, 1.807) is 0 Å². The Hall–Kier alpha value is -2.68. The third-order valence-electron chi connectivity index (χ3n) is 5.70. The first-order chi connectivity index (χ1) is 11.8. The minimum absolute atomic E-state index is 0.0229. The molecule has 3 heteroatoms. The second-order valence-corrected chi connectivity index (χ2v) is 6.89. The van der Waals surface area contributed by atoms with Gasteiger partial charge < -0.3 is 0 Å². The lowest BCUT2D eigenvalue weighted by atomic mass is 9.85. The van der Waals surface area contributed by atoms with Gasteiger partial charge in [0.1, 0.15) is 0 Å². The number of nitrogens with zero attached hydrogens (tertiary/aromatic N) is 1. The third-order valence-corrected chi connectivity index (χ3v) is 5.70.